The number of nitrogens with one attached hydrogen (secondary N) is 1. The lowest BCUT2D eigenvalue weighted by atomic mass is 9.96. The molecule has 0 bridgehead atoms. The third kappa shape index (κ3) is 1.11. The summed E-state index contributed by atoms with van der Waals surface area (Å²) in [6.07, 6.45) is 1.24. The van der Waals surface area contributed by atoms with Crippen molar-refractivity contribution in [3.63, 3.8) is 0 Å². The molecule has 70 valence electrons. The maximum Gasteiger partial charge on any atom is 0.0490 e. The zero-order chi connectivity index (χ0) is 9.53. The molecule has 1 fully saturated rings. The van der Waals surface area contributed by atoms with Gasteiger partial charge in [0.15, 0.2) is 0 Å². The molecule has 1 atom stereocenters. The van der Waals surface area contributed by atoms with Crippen molar-refractivity contribution >= 4 is 0 Å². The molecule has 1 saturated carbocycles. The highest BCUT2D eigenvalue weighted by Crippen LogP contribution is 2.61. The van der Waals surface area contributed by atoms with Crippen molar-refractivity contribution in [1.82, 2.24) is 5.32 Å². The van der Waals surface area contributed by atoms with Gasteiger partial charge in [-0.3, -0.25) is 0 Å². The van der Waals surface area contributed by atoms with Crippen LogP contribution >= 0.6 is 0 Å². The van der Waals surface area contributed by atoms with Gasteiger partial charge >= 0.3 is 0 Å². The van der Waals surface area contributed by atoms with Crippen LogP contribution in [-0.4, -0.2) is 7.05 Å². The van der Waals surface area contributed by atoms with E-state index in [0.29, 0.717) is 5.41 Å². The van der Waals surface area contributed by atoms with Crippen LogP contribution in [0.2, 0.25) is 0 Å². The minimum atomic E-state index is 0.230. The second-order valence-electron chi connectivity index (χ2n) is 4.58. The summed E-state index contributed by atoms with van der Waals surface area (Å²) in [6.45, 7) is 4.63. The normalized spacial score (nSPS) is 30.1. The molecule has 1 nitrogen and oxygen atoms in total. The van der Waals surface area contributed by atoms with Gasteiger partial charge in [0.2, 0.25) is 0 Å². The van der Waals surface area contributed by atoms with Crippen molar-refractivity contribution < 1.29 is 0 Å². The van der Waals surface area contributed by atoms with Crippen LogP contribution in [0, 0.1) is 5.41 Å². The predicted molar refractivity (Wildman–Crippen MR) is 55.6 cm³/mol. The Hall–Kier alpha value is -0.820. The quantitative estimate of drug-likeness (QED) is 0.728. The van der Waals surface area contributed by atoms with Crippen LogP contribution in [0.5, 0.6) is 0 Å². The molecule has 1 heteroatoms. The third-order valence-electron chi connectivity index (χ3n) is 3.43. The average Bonchev–Trinajstić information content (AvgIpc) is 2.72. The monoisotopic (exact) mass is 175 g/mol. The lowest BCUT2D eigenvalue weighted by Crippen LogP contribution is -2.29. The van der Waals surface area contributed by atoms with Gasteiger partial charge in [0.1, 0.15) is 0 Å². The van der Waals surface area contributed by atoms with E-state index in [1.165, 1.54) is 12.0 Å². The molecule has 0 aliphatic heterocycles. The van der Waals surface area contributed by atoms with Crippen LogP contribution < -0.4 is 5.32 Å². The van der Waals surface area contributed by atoms with E-state index >= 15 is 0 Å². The molecule has 1 aliphatic rings. The molecule has 1 aromatic rings. The van der Waals surface area contributed by atoms with Crippen molar-refractivity contribution in [2.24, 2.45) is 5.41 Å². The van der Waals surface area contributed by atoms with Gasteiger partial charge in [-0.25, -0.2) is 0 Å². The fourth-order valence-corrected chi connectivity index (χ4v) is 2.41. The van der Waals surface area contributed by atoms with Crippen molar-refractivity contribution in [2.75, 3.05) is 7.05 Å². The summed E-state index contributed by atoms with van der Waals surface area (Å²) in [5.41, 5.74) is 2.06. The van der Waals surface area contributed by atoms with Gasteiger partial charge in [0.25, 0.3) is 0 Å². The Kier molecular flexibility index (Phi) is 1.74. The van der Waals surface area contributed by atoms with Gasteiger partial charge in [0, 0.05) is 5.54 Å². The van der Waals surface area contributed by atoms with Gasteiger partial charge < -0.3 is 5.32 Å². The first-order chi connectivity index (χ1) is 6.12. The molecule has 13 heavy (non-hydrogen) atoms. The standard InChI is InChI=1S/C12H17N/c1-11(2)9-12(11,13-3)10-7-5-4-6-8-10/h4-8,13H,9H2,1-3H3. The van der Waals surface area contributed by atoms with E-state index in [4.69, 9.17) is 0 Å². The van der Waals surface area contributed by atoms with Crippen LogP contribution in [0.3, 0.4) is 0 Å². The first-order valence-electron chi connectivity index (χ1n) is 4.87. The van der Waals surface area contributed by atoms with Crippen LogP contribution in [0.4, 0.5) is 0 Å². The molecule has 1 N–H and O–H groups in total. The number of benzene rings is 1. The number of hydrogen-bond acceptors (Lipinski definition) is 1. The minimum Gasteiger partial charge on any atom is -0.310 e. The second kappa shape index (κ2) is 2.58. The molecule has 0 aromatic heterocycles. The van der Waals surface area contributed by atoms with Crippen molar-refractivity contribution in [3.05, 3.63) is 35.9 Å². The average molecular weight is 175 g/mol. The van der Waals surface area contributed by atoms with Crippen LogP contribution in [0.25, 0.3) is 0 Å². The fourth-order valence-electron chi connectivity index (χ4n) is 2.41. The highest BCUT2D eigenvalue weighted by Gasteiger charge is 2.61. The highest BCUT2D eigenvalue weighted by atomic mass is 15.0. The number of hydrogen-bond donors (Lipinski definition) is 1. The zero-order valence-electron chi connectivity index (χ0n) is 8.59. The van der Waals surface area contributed by atoms with E-state index in [2.05, 4.69) is 56.5 Å². The van der Waals surface area contributed by atoms with Crippen LogP contribution in [0.15, 0.2) is 30.3 Å². The Labute approximate surface area is 80.2 Å². The van der Waals surface area contributed by atoms with Gasteiger partial charge in [-0.1, -0.05) is 44.2 Å². The molecular weight excluding hydrogens is 158 g/mol. The summed E-state index contributed by atoms with van der Waals surface area (Å²) < 4.78 is 0. The fraction of sp³-hybridized carbons (Fsp3) is 0.500. The lowest BCUT2D eigenvalue weighted by molar-refractivity contribution is 0.441. The summed E-state index contributed by atoms with van der Waals surface area (Å²) in [7, 11) is 2.06. The molecule has 1 aliphatic carbocycles. The Morgan fingerprint density at radius 2 is 1.69 bits per heavy atom. The lowest BCUT2D eigenvalue weighted by Gasteiger charge is -2.20. The molecule has 0 spiro atoms. The maximum absolute atomic E-state index is 3.46. The van der Waals surface area contributed by atoms with E-state index in [0.717, 1.165) is 0 Å². The number of rotatable bonds is 2. The first-order valence-corrected chi connectivity index (χ1v) is 4.87. The molecule has 1 unspecified atom stereocenters. The summed E-state index contributed by atoms with van der Waals surface area (Å²) in [6, 6.07) is 10.7. The van der Waals surface area contributed by atoms with Gasteiger partial charge in [-0.05, 0) is 24.4 Å². The largest absolute Gasteiger partial charge is 0.310 e. The van der Waals surface area contributed by atoms with E-state index in [1.54, 1.807) is 0 Å². The third-order valence-corrected chi connectivity index (χ3v) is 3.43. The van der Waals surface area contributed by atoms with Crippen LogP contribution in [-0.2, 0) is 5.54 Å². The summed E-state index contributed by atoms with van der Waals surface area (Å²) in [5, 5.41) is 3.46. The predicted octanol–water partition coefficient (Wildman–Crippen LogP) is 2.53. The molecule has 0 heterocycles. The summed E-state index contributed by atoms with van der Waals surface area (Å²) in [5.74, 6) is 0. The van der Waals surface area contributed by atoms with Gasteiger partial charge in [0.05, 0.1) is 0 Å². The van der Waals surface area contributed by atoms with Gasteiger partial charge in [-0.2, -0.15) is 0 Å². The SMILES string of the molecule is CNC1(c2ccccc2)CC1(C)C. The molecule has 2 rings (SSSR count). The molecule has 0 amide bonds. The first kappa shape index (κ1) is 8.76. The van der Waals surface area contributed by atoms with E-state index in [1.807, 2.05) is 0 Å². The van der Waals surface area contributed by atoms with E-state index in [-0.39, 0.29) is 5.54 Å². The smallest absolute Gasteiger partial charge is 0.0490 e. The van der Waals surface area contributed by atoms with Crippen LogP contribution in [0.1, 0.15) is 25.8 Å². The van der Waals surface area contributed by atoms with E-state index < -0.39 is 0 Å². The second-order valence-corrected chi connectivity index (χ2v) is 4.58. The zero-order valence-corrected chi connectivity index (χ0v) is 8.59. The van der Waals surface area contributed by atoms with Crippen molar-refractivity contribution in [1.29, 1.82) is 0 Å². The topological polar surface area (TPSA) is 12.0 Å². The van der Waals surface area contributed by atoms with Crippen molar-refractivity contribution in [2.45, 2.75) is 25.8 Å². The molecule has 1 aromatic carbocycles. The molecule has 0 saturated heterocycles. The Bertz CT molecular complexity index is 302. The Balaban J connectivity index is 2.37. The van der Waals surface area contributed by atoms with Gasteiger partial charge in [-0.15, -0.1) is 0 Å². The molecule has 0 radical (unpaired) electrons. The molecular formula is C12H17N. The highest BCUT2D eigenvalue weighted by molar-refractivity contribution is 5.35. The summed E-state index contributed by atoms with van der Waals surface area (Å²) >= 11 is 0. The van der Waals surface area contributed by atoms with Crippen molar-refractivity contribution in [3.8, 4) is 0 Å². The minimum absolute atomic E-state index is 0.230. The maximum atomic E-state index is 3.46. The Morgan fingerprint density at radius 1 is 1.15 bits per heavy atom. The Morgan fingerprint density at radius 3 is 2.08 bits per heavy atom. The summed E-state index contributed by atoms with van der Waals surface area (Å²) in [4.78, 5) is 0. The van der Waals surface area contributed by atoms with E-state index in [9.17, 15) is 0 Å².